The average molecular weight is 346 g/mol. The van der Waals surface area contributed by atoms with E-state index >= 15 is 0 Å². The van der Waals surface area contributed by atoms with Crippen LogP contribution in [0.1, 0.15) is 34.9 Å². The van der Waals surface area contributed by atoms with Crippen molar-refractivity contribution >= 4 is 16.0 Å². The van der Waals surface area contributed by atoms with Crippen LogP contribution in [-0.4, -0.2) is 41.6 Å². The van der Waals surface area contributed by atoms with Gasteiger partial charge in [-0.25, -0.2) is 13.2 Å². The molecule has 0 saturated carbocycles. The maximum atomic E-state index is 11.8. The summed E-state index contributed by atoms with van der Waals surface area (Å²) in [4.78, 5) is 15.3. The third kappa shape index (κ3) is 3.32. The lowest BCUT2D eigenvalue weighted by molar-refractivity contribution is 0.0697. The fraction of sp³-hybridized carbons (Fsp3) is 0.294. The molecule has 0 amide bonds. The number of pyridine rings is 1. The zero-order chi connectivity index (χ0) is 17.3. The van der Waals surface area contributed by atoms with Crippen molar-refractivity contribution in [1.29, 1.82) is 0 Å². The van der Waals surface area contributed by atoms with Crippen LogP contribution in [-0.2, 0) is 10.0 Å². The molecule has 1 aliphatic rings. The lowest BCUT2D eigenvalue weighted by Crippen LogP contribution is -2.29. The summed E-state index contributed by atoms with van der Waals surface area (Å²) >= 11 is 0. The summed E-state index contributed by atoms with van der Waals surface area (Å²) in [6, 6.07) is 10.1. The first kappa shape index (κ1) is 16.6. The zero-order valence-corrected chi connectivity index (χ0v) is 14.0. The van der Waals surface area contributed by atoms with E-state index in [1.165, 1.54) is 10.6 Å². The predicted molar refractivity (Wildman–Crippen MR) is 90.2 cm³/mol. The molecule has 1 aliphatic heterocycles. The van der Waals surface area contributed by atoms with Gasteiger partial charge in [-0.05, 0) is 36.6 Å². The third-order valence-corrected chi connectivity index (χ3v) is 5.51. The minimum absolute atomic E-state index is 0.205. The Morgan fingerprint density at radius 1 is 1.17 bits per heavy atom. The molecule has 2 aromatic rings. The number of carbonyl (C=O) groups is 1. The summed E-state index contributed by atoms with van der Waals surface area (Å²) in [5.74, 6) is -0.961. The van der Waals surface area contributed by atoms with E-state index in [0.29, 0.717) is 6.54 Å². The molecule has 1 aromatic carbocycles. The highest BCUT2D eigenvalue weighted by Crippen LogP contribution is 2.33. The van der Waals surface area contributed by atoms with Crippen molar-refractivity contribution < 1.29 is 18.3 Å². The van der Waals surface area contributed by atoms with Crippen LogP contribution < -0.4 is 0 Å². The largest absolute Gasteiger partial charge is 0.478 e. The minimum Gasteiger partial charge on any atom is -0.478 e. The van der Waals surface area contributed by atoms with Gasteiger partial charge in [0.25, 0.3) is 0 Å². The molecule has 0 aliphatic carbocycles. The fourth-order valence-electron chi connectivity index (χ4n) is 3.01. The molecule has 126 valence electrons. The Balaban J connectivity index is 1.84. The first-order valence-corrected chi connectivity index (χ1v) is 9.47. The van der Waals surface area contributed by atoms with Crippen molar-refractivity contribution in [2.24, 2.45) is 0 Å². The molecule has 24 heavy (non-hydrogen) atoms. The van der Waals surface area contributed by atoms with Crippen LogP contribution >= 0.6 is 0 Å². The summed E-state index contributed by atoms with van der Waals surface area (Å²) in [5, 5.41) is 8.93. The Labute approximate surface area is 140 Å². The molecule has 1 atom stereocenters. The number of hydrogen-bond donors (Lipinski definition) is 1. The maximum absolute atomic E-state index is 11.8. The zero-order valence-electron chi connectivity index (χ0n) is 13.2. The Bertz CT molecular complexity index is 845. The van der Waals surface area contributed by atoms with Crippen molar-refractivity contribution in [3.63, 3.8) is 0 Å². The van der Waals surface area contributed by atoms with Gasteiger partial charge < -0.3 is 5.11 Å². The van der Waals surface area contributed by atoms with E-state index in [-0.39, 0.29) is 11.6 Å². The average Bonchev–Trinajstić information content (AvgIpc) is 3.05. The van der Waals surface area contributed by atoms with Crippen molar-refractivity contribution in [2.45, 2.75) is 18.9 Å². The number of carboxylic acids is 1. The molecule has 6 nitrogen and oxygen atoms in total. The second kappa shape index (κ2) is 6.33. The number of benzene rings is 1. The summed E-state index contributed by atoms with van der Waals surface area (Å²) in [6.07, 6.45) is 4.53. The van der Waals surface area contributed by atoms with Gasteiger partial charge in [0.1, 0.15) is 0 Å². The van der Waals surface area contributed by atoms with E-state index in [4.69, 9.17) is 5.11 Å². The van der Waals surface area contributed by atoms with E-state index in [9.17, 15) is 13.2 Å². The van der Waals surface area contributed by atoms with Crippen molar-refractivity contribution in [3.8, 4) is 11.1 Å². The van der Waals surface area contributed by atoms with E-state index in [0.717, 1.165) is 29.7 Å². The van der Waals surface area contributed by atoms with Crippen molar-refractivity contribution in [2.75, 3.05) is 12.8 Å². The molecule has 0 bridgehead atoms. The predicted octanol–water partition coefficient (Wildman–Crippen LogP) is 2.54. The molecule has 7 heteroatoms. The number of carboxylic acid groups (broad SMARTS) is 1. The van der Waals surface area contributed by atoms with E-state index in [2.05, 4.69) is 4.98 Å². The van der Waals surface area contributed by atoms with Gasteiger partial charge in [0.2, 0.25) is 10.0 Å². The molecule has 0 spiro atoms. The van der Waals surface area contributed by atoms with Gasteiger partial charge in [0, 0.05) is 18.3 Å². The summed E-state index contributed by atoms with van der Waals surface area (Å²) in [6.45, 7) is 0.531. The van der Waals surface area contributed by atoms with Gasteiger partial charge in [-0.2, -0.15) is 4.31 Å². The van der Waals surface area contributed by atoms with Crippen molar-refractivity contribution in [3.05, 3.63) is 53.9 Å². The first-order valence-electron chi connectivity index (χ1n) is 7.63. The first-order chi connectivity index (χ1) is 11.4. The Hall–Kier alpha value is -2.25. The second-order valence-electron chi connectivity index (χ2n) is 5.89. The molecular formula is C17H18N2O4S. The van der Waals surface area contributed by atoms with Gasteiger partial charge in [-0.3, -0.25) is 4.98 Å². The topological polar surface area (TPSA) is 87.6 Å². The highest BCUT2D eigenvalue weighted by molar-refractivity contribution is 7.88. The fourth-order valence-corrected chi connectivity index (χ4v) is 4.15. The Morgan fingerprint density at radius 2 is 1.83 bits per heavy atom. The highest BCUT2D eigenvalue weighted by atomic mass is 32.2. The van der Waals surface area contributed by atoms with Gasteiger partial charge in [-0.15, -0.1) is 0 Å². The highest BCUT2D eigenvalue weighted by Gasteiger charge is 2.33. The molecule has 1 unspecified atom stereocenters. The molecule has 1 aromatic heterocycles. The quantitative estimate of drug-likeness (QED) is 0.919. The molecule has 1 saturated heterocycles. The molecular weight excluding hydrogens is 328 g/mol. The number of hydrogen-bond acceptors (Lipinski definition) is 4. The van der Waals surface area contributed by atoms with Gasteiger partial charge in [0.05, 0.1) is 23.6 Å². The molecule has 1 fully saturated rings. The molecule has 1 N–H and O–H groups in total. The number of aromatic carboxylic acids is 1. The van der Waals surface area contributed by atoms with E-state index < -0.39 is 16.0 Å². The van der Waals surface area contributed by atoms with Crippen LogP contribution in [0.5, 0.6) is 0 Å². The van der Waals surface area contributed by atoms with Crippen molar-refractivity contribution in [1.82, 2.24) is 9.29 Å². The van der Waals surface area contributed by atoms with Crippen LogP contribution in [0.3, 0.4) is 0 Å². The van der Waals surface area contributed by atoms with Crippen LogP contribution in [0.2, 0.25) is 0 Å². The molecule has 2 heterocycles. The lowest BCUT2D eigenvalue weighted by Gasteiger charge is -2.21. The van der Waals surface area contributed by atoms with Crippen LogP contribution in [0, 0.1) is 0 Å². The number of nitrogens with zero attached hydrogens (tertiary/aromatic N) is 2. The van der Waals surface area contributed by atoms with Crippen LogP contribution in [0.4, 0.5) is 0 Å². The SMILES string of the molecule is CS(=O)(=O)N1CCCC1c1ccc(-c2ccc(C(=O)O)cc2)cn1. The molecule has 0 radical (unpaired) electrons. The van der Waals surface area contributed by atoms with E-state index in [1.807, 2.05) is 12.1 Å². The number of sulfonamides is 1. The lowest BCUT2D eigenvalue weighted by atomic mass is 10.0. The smallest absolute Gasteiger partial charge is 0.335 e. The maximum Gasteiger partial charge on any atom is 0.335 e. The number of aromatic nitrogens is 1. The summed E-state index contributed by atoms with van der Waals surface area (Å²) in [7, 11) is -3.24. The number of rotatable bonds is 4. The molecule has 3 rings (SSSR count). The Kier molecular flexibility index (Phi) is 4.38. The third-order valence-electron chi connectivity index (χ3n) is 4.22. The second-order valence-corrected chi connectivity index (χ2v) is 7.82. The van der Waals surface area contributed by atoms with Gasteiger partial charge in [0.15, 0.2) is 0 Å². The summed E-state index contributed by atoms with van der Waals surface area (Å²) in [5.41, 5.74) is 2.70. The minimum atomic E-state index is -3.24. The standard InChI is InChI=1S/C17H18N2O4S/c1-24(22,23)19-10-2-3-16(19)15-9-8-14(11-18-15)12-4-6-13(7-5-12)17(20)21/h4-9,11,16H,2-3,10H2,1H3,(H,20,21). The van der Waals surface area contributed by atoms with Gasteiger partial charge >= 0.3 is 5.97 Å². The van der Waals surface area contributed by atoms with Crippen LogP contribution in [0.25, 0.3) is 11.1 Å². The normalized spacial score (nSPS) is 18.6. The van der Waals surface area contributed by atoms with Crippen LogP contribution in [0.15, 0.2) is 42.6 Å². The van der Waals surface area contributed by atoms with E-state index in [1.54, 1.807) is 30.5 Å². The Morgan fingerprint density at radius 3 is 2.38 bits per heavy atom. The summed E-state index contributed by atoms with van der Waals surface area (Å²) < 4.78 is 25.2. The monoisotopic (exact) mass is 346 g/mol. The van der Waals surface area contributed by atoms with Gasteiger partial charge in [-0.1, -0.05) is 18.2 Å².